The van der Waals surface area contributed by atoms with E-state index >= 15 is 0 Å². The highest BCUT2D eigenvalue weighted by Crippen LogP contribution is 2.13. The normalized spacial score (nSPS) is 12.1. The highest BCUT2D eigenvalue weighted by molar-refractivity contribution is 5.70. The SMILES string of the molecule is CCCC(C)Nc1cccc(CC(=O)O)c1. The van der Waals surface area contributed by atoms with Crippen molar-refractivity contribution < 1.29 is 9.90 Å². The molecule has 0 aliphatic heterocycles. The summed E-state index contributed by atoms with van der Waals surface area (Å²) in [5.41, 5.74) is 1.83. The smallest absolute Gasteiger partial charge is 0.307 e. The molecule has 0 amide bonds. The molecule has 0 aromatic heterocycles. The van der Waals surface area contributed by atoms with Gasteiger partial charge in [-0.1, -0.05) is 25.5 Å². The van der Waals surface area contributed by atoms with Gasteiger partial charge in [-0.15, -0.1) is 0 Å². The number of anilines is 1. The molecule has 0 saturated heterocycles. The fourth-order valence-electron chi connectivity index (χ4n) is 1.74. The predicted octanol–water partition coefficient (Wildman–Crippen LogP) is 2.91. The van der Waals surface area contributed by atoms with Crippen LogP contribution in [-0.2, 0) is 11.2 Å². The Morgan fingerprint density at radius 1 is 1.50 bits per heavy atom. The van der Waals surface area contributed by atoms with Gasteiger partial charge in [0.15, 0.2) is 0 Å². The first-order valence-corrected chi connectivity index (χ1v) is 5.69. The maximum absolute atomic E-state index is 10.6. The van der Waals surface area contributed by atoms with Gasteiger partial charge in [0.2, 0.25) is 0 Å². The topological polar surface area (TPSA) is 49.3 Å². The molecule has 0 aliphatic carbocycles. The lowest BCUT2D eigenvalue weighted by atomic mass is 10.1. The summed E-state index contributed by atoms with van der Waals surface area (Å²) in [5, 5.41) is 12.1. The monoisotopic (exact) mass is 221 g/mol. The predicted molar refractivity (Wildman–Crippen MR) is 65.8 cm³/mol. The van der Waals surface area contributed by atoms with E-state index in [-0.39, 0.29) is 6.42 Å². The molecule has 88 valence electrons. The Bertz CT molecular complexity index is 350. The summed E-state index contributed by atoms with van der Waals surface area (Å²) < 4.78 is 0. The van der Waals surface area contributed by atoms with Crippen LogP contribution in [0, 0.1) is 0 Å². The largest absolute Gasteiger partial charge is 0.481 e. The number of nitrogens with one attached hydrogen (secondary N) is 1. The summed E-state index contributed by atoms with van der Waals surface area (Å²) >= 11 is 0. The zero-order chi connectivity index (χ0) is 12.0. The van der Waals surface area contributed by atoms with E-state index < -0.39 is 5.97 Å². The molecule has 16 heavy (non-hydrogen) atoms. The molecule has 0 bridgehead atoms. The van der Waals surface area contributed by atoms with Gasteiger partial charge in [-0.3, -0.25) is 4.79 Å². The van der Waals surface area contributed by atoms with E-state index in [1.165, 1.54) is 0 Å². The fraction of sp³-hybridized carbons (Fsp3) is 0.462. The molecule has 0 spiro atoms. The highest BCUT2D eigenvalue weighted by Gasteiger charge is 2.03. The first-order valence-electron chi connectivity index (χ1n) is 5.69. The van der Waals surface area contributed by atoms with E-state index in [0.29, 0.717) is 6.04 Å². The van der Waals surface area contributed by atoms with Gasteiger partial charge >= 0.3 is 5.97 Å². The summed E-state index contributed by atoms with van der Waals surface area (Å²) in [6, 6.07) is 8.02. The van der Waals surface area contributed by atoms with E-state index in [0.717, 1.165) is 24.1 Å². The second-order valence-electron chi connectivity index (χ2n) is 4.10. The van der Waals surface area contributed by atoms with Crippen molar-refractivity contribution in [2.45, 2.75) is 39.2 Å². The summed E-state index contributed by atoms with van der Waals surface area (Å²) in [7, 11) is 0. The third kappa shape index (κ3) is 4.34. The van der Waals surface area contributed by atoms with Crippen LogP contribution in [0.4, 0.5) is 5.69 Å². The standard InChI is InChI=1S/C13H19NO2/c1-3-5-10(2)14-12-7-4-6-11(8-12)9-13(15)16/h4,6-8,10,14H,3,5,9H2,1-2H3,(H,15,16). The molecular formula is C13H19NO2. The number of carbonyl (C=O) groups is 1. The number of carboxylic acid groups (broad SMARTS) is 1. The Morgan fingerprint density at radius 2 is 2.25 bits per heavy atom. The number of benzene rings is 1. The van der Waals surface area contributed by atoms with Crippen LogP contribution in [0.5, 0.6) is 0 Å². The Balaban J connectivity index is 2.63. The first kappa shape index (κ1) is 12.6. The Hall–Kier alpha value is -1.51. The summed E-state index contributed by atoms with van der Waals surface area (Å²) in [6.45, 7) is 4.28. The highest BCUT2D eigenvalue weighted by atomic mass is 16.4. The molecule has 0 heterocycles. The first-order chi connectivity index (χ1) is 7.61. The second-order valence-corrected chi connectivity index (χ2v) is 4.10. The van der Waals surface area contributed by atoms with Crippen molar-refractivity contribution >= 4 is 11.7 Å². The van der Waals surface area contributed by atoms with Gasteiger partial charge in [0.05, 0.1) is 6.42 Å². The van der Waals surface area contributed by atoms with Crippen LogP contribution in [0.3, 0.4) is 0 Å². The van der Waals surface area contributed by atoms with Gasteiger partial charge in [0.1, 0.15) is 0 Å². The number of hydrogen-bond donors (Lipinski definition) is 2. The molecular weight excluding hydrogens is 202 g/mol. The zero-order valence-electron chi connectivity index (χ0n) is 9.86. The number of aliphatic carboxylic acids is 1. The van der Waals surface area contributed by atoms with Crippen LogP contribution in [0.15, 0.2) is 24.3 Å². The summed E-state index contributed by atoms with van der Waals surface area (Å²) in [5.74, 6) is -0.793. The van der Waals surface area contributed by atoms with E-state index in [4.69, 9.17) is 5.11 Å². The maximum Gasteiger partial charge on any atom is 0.307 e. The molecule has 0 aliphatic rings. The van der Waals surface area contributed by atoms with Crippen LogP contribution in [-0.4, -0.2) is 17.1 Å². The molecule has 3 heteroatoms. The van der Waals surface area contributed by atoms with Crippen molar-refractivity contribution in [1.82, 2.24) is 0 Å². The Kier molecular flexibility index (Phi) is 4.83. The van der Waals surface area contributed by atoms with Gasteiger partial charge in [-0.25, -0.2) is 0 Å². The Morgan fingerprint density at radius 3 is 2.88 bits per heavy atom. The Labute approximate surface area is 96.5 Å². The van der Waals surface area contributed by atoms with Crippen molar-refractivity contribution in [2.24, 2.45) is 0 Å². The molecule has 1 atom stereocenters. The van der Waals surface area contributed by atoms with Crippen molar-refractivity contribution in [3.8, 4) is 0 Å². The van der Waals surface area contributed by atoms with Gasteiger partial charge in [0, 0.05) is 11.7 Å². The van der Waals surface area contributed by atoms with E-state index in [1.54, 1.807) is 0 Å². The van der Waals surface area contributed by atoms with Gasteiger partial charge in [0.25, 0.3) is 0 Å². The lowest BCUT2D eigenvalue weighted by Gasteiger charge is -2.14. The van der Waals surface area contributed by atoms with Crippen molar-refractivity contribution in [3.05, 3.63) is 29.8 Å². The third-order valence-corrected chi connectivity index (χ3v) is 2.42. The number of hydrogen-bond acceptors (Lipinski definition) is 2. The van der Waals surface area contributed by atoms with E-state index in [1.807, 2.05) is 24.3 Å². The van der Waals surface area contributed by atoms with Crippen LogP contribution in [0.1, 0.15) is 32.3 Å². The number of rotatable bonds is 6. The minimum Gasteiger partial charge on any atom is -0.481 e. The molecule has 2 N–H and O–H groups in total. The zero-order valence-corrected chi connectivity index (χ0v) is 9.86. The van der Waals surface area contributed by atoms with E-state index in [9.17, 15) is 4.79 Å². The van der Waals surface area contributed by atoms with Crippen LogP contribution >= 0.6 is 0 Å². The quantitative estimate of drug-likeness (QED) is 0.776. The number of carboxylic acids is 1. The van der Waals surface area contributed by atoms with E-state index in [2.05, 4.69) is 19.2 Å². The molecule has 3 nitrogen and oxygen atoms in total. The molecule has 0 fully saturated rings. The van der Waals surface area contributed by atoms with Crippen LogP contribution < -0.4 is 5.32 Å². The third-order valence-electron chi connectivity index (χ3n) is 2.42. The average molecular weight is 221 g/mol. The van der Waals surface area contributed by atoms with Gasteiger partial charge in [-0.2, -0.15) is 0 Å². The van der Waals surface area contributed by atoms with Gasteiger partial charge < -0.3 is 10.4 Å². The minimum atomic E-state index is -0.793. The molecule has 1 unspecified atom stereocenters. The second kappa shape index (κ2) is 6.16. The van der Waals surface area contributed by atoms with Crippen molar-refractivity contribution in [3.63, 3.8) is 0 Å². The molecule has 0 radical (unpaired) electrons. The van der Waals surface area contributed by atoms with Crippen LogP contribution in [0.25, 0.3) is 0 Å². The van der Waals surface area contributed by atoms with Crippen molar-refractivity contribution in [1.29, 1.82) is 0 Å². The van der Waals surface area contributed by atoms with Crippen molar-refractivity contribution in [2.75, 3.05) is 5.32 Å². The lowest BCUT2D eigenvalue weighted by molar-refractivity contribution is -0.136. The maximum atomic E-state index is 10.6. The summed E-state index contributed by atoms with van der Waals surface area (Å²) in [6.07, 6.45) is 2.34. The van der Waals surface area contributed by atoms with Gasteiger partial charge in [-0.05, 0) is 31.0 Å². The average Bonchev–Trinajstić information content (AvgIpc) is 2.17. The molecule has 1 aromatic carbocycles. The summed E-state index contributed by atoms with van der Waals surface area (Å²) in [4.78, 5) is 10.6. The molecule has 0 saturated carbocycles. The molecule has 1 rings (SSSR count). The minimum absolute atomic E-state index is 0.0810. The lowest BCUT2D eigenvalue weighted by Crippen LogP contribution is -2.14. The van der Waals surface area contributed by atoms with Crippen LogP contribution in [0.2, 0.25) is 0 Å². The molecule has 1 aromatic rings. The fourth-order valence-corrected chi connectivity index (χ4v) is 1.74.